The van der Waals surface area contributed by atoms with E-state index >= 15 is 0 Å². The number of anilines is 3. The van der Waals surface area contributed by atoms with Crippen LogP contribution in [0.1, 0.15) is 48.6 Å². The molecule has 0 amide bonds. The summed E-state index contributed by atoms with van der Waals surface area (Å²) in [7, 11) is 1.99. The summed E-state index contributed by atoms with van der Waals surface area (Å²) in [5.74, 6) is 0.889. The third-order valence-corrected chi connectivity index (χ3v) is 10.9. The fourth-order valence-electron chi connectivity index (χ4n) is 8.44. The van der Waals surface area contributed by atoms with Gasteiger partial charge in [0.05, 0.1) is 7.05 Å². The van der Waals surface area contributed by atoms with Crippen molar-refractivity contribution in [2.45, 2.75) is 31.6 Å². The van der Waals surface area contributed by atoms with Gasteiger partial charge in [-0.1, -0.05) is 105 Å². The van der Waals surface area contributed by atoms with Crippen molar-refractivity contribution in [1.29, 1.82) is 0 Å². The van der Waals surface area contributed by atoms with E-state index in [1.54, 1.807) is 0 Å². The van der Waals surface area contributed by atoms with Gasteiger partial charge in [-0.2, -0.15) is 35.3 Å². The zero-order valence-corrected chi connectivity index (χ0v) is 32.2. The maximum atomic E-state index is 4.97. The van der Waals surface area contributed by atoms with Crippen molar-refractivity contribution >= 4 is 38.9 Å². The molecule has 1 aliphatic carbocycles. The van der Waals surface area contributed by atoms with E-state index in [0.717, 1.165) is 50.4 Å². The maximum absolute atomic E-state index is 4.97. The van der Waals surface area contributed by atoms with Crippen LogP contribution in [-0.4, -0.2) is 21.5 Å². The average Bonchev–Trinajstić information content (AvgIpc) is 3.80. The second kappa shape index (κ2) is 12.3. The molecule has 5 nitrogen and oxygen atoms in total. The molecule has 2 aromatic heterocycles. The Morgan fingerprint density at radius 3 is 2.06 bits per heavy atom. The fraction of sp³-hybridized carbons (Fsp3) is 0.128. The van der Waals surface area contributed by atoms with Crippen molar-refractivity contribution in [3.63, 3.8) is 0 Å². The third-order valence-electron chi connectivity index (χ3n) is 10.9. The Hall–Kier alpha value is -5.48. The van der Waals surface area contributed by atoms with Crippen LogP contribution in [-0.2, 0) is 31.9 Å². The van der Waals surface area contributed by atoms with Crippen molar-refractivity contribution in [3.8, 4) is 16.9 Å². The molecule has 0 unspecified atom stereocenters. The Bertz CT molecular complexity index is 2660. The van der Waals surface area contributed by atoms with E-state index in [1.807, 2.05) is 23.4 Å². The molecule has 262 valence electrons. The first-order valence-corrected chi connectivity index (χ1v) is 17.8. The first-order valence-electron chi connectivity index (χ1n) is 17.8. The van der Waals surface area contributed by atoms with Gasteiger partial charge in [0, 0.05) is 43.9 Å². The van der Waals surface area contributed by atoms with E-state index in [1.165, 1.54) is 33.2 Å². The first-order chi connectivity index (χ1) is 25.3. The summed E-state index contributed by atoms with van der Waals surface area (Å²) in [5, 5.41) is 6.24. The van der Waals surface area contributed by atoms with Crippen molar-refractivity contribution in [1.82, 2.24) is 9.55 Å². The van der Waals surface area contributed by atoms with Crippen LogP contribution in [0.5, 0.6) is 0 Å². The molecule has 0 saturated heterocycles. The molecule has 6 aromatic carbocycles. The van der Waals surface area contributed by atoms with Crippen LogP contribution in [0.2, 0.25) is 0 Å². The fourth-order valence-corrected chi connectivity index (χ4v) is 8.44. The van der Waals surface area contributed by atoms with Crippen LogP contribution >= 0.6 is 0 Å². The molecule has 0 spiro atoms. The summed E-state index contributed by atoms with van der Waals surface area (Å²) < 4.78 is 2.29. The molecule has 8 aromatic rings. The van der Waals surface area contributed by atoms with E-state index in [0.29, 0.717) is 0 Å². The Kier molecular flexibility index (Phi) is 7.74. The van der Waals surface area contributed by atoms with Gasteiger partial charge >= 0.3 is 0 Å². The van der Waals surface area contributed by atoms with Gasteiger partial charge in [0.1, 0.15) is 17.2 Å². The van der Waals surface area contributed by atoms with Crippen LogP contribution in [0.4, 0.5) is 17.1 Å². The third kappa shape index (κ3) is 4.88. The van der Waals surface area contributed by atoms with E-state index in [-0.39, 0.29) is 26.5 Å². The van der Waals surface area contributed by atoms with Crippen molar-refractivity contribution in [3.05, 3.63) is 186 Å². The summed E-state index contributed by atoms with van der Waals surface area (Å²) >= 11 is 0. The minimum Gasteiger partial charge on any atom is -0.319 e. The Balaban J connectivity index is 0.00000372. The SMILES string of the molecule is CN1[OH+]N(c2[c-]c(C3(c4[c-]c5c(cc4)c4ccccc4n5-c4cc(C(C)(C)C)ccn4)c4ccccc4-c4ccccc43)ccc2)c2ccccc21.[Pt]. The second-order valence-electron chi connectivity index (χ2n) is 14.8. The molecule has 2 aliphatic rings. The molecule has 3 heterocycles. The zero-order valence-electron chi connectivity index (χ0n) is 29.9. The number of para-hydroxylation sites is 3. The smallest absolute Gasteiger partial charge is 0.145 e. The normalized spacial score (nSPS) is 14.3. The van der Waals surface area contributed by atoms with Gasteiger partial charge in [0.25, 0.3) is 0 Å². The molecule has 0 bridgehead atoms. The number of benzene rings is 6. The van der Waals surface area contributed by atoms with Crippen molar-refractivity contribution in [2.24, 2.45) is 0 Å². The topological polar surface area (TPSA) is 37.1 Å². The minimum atomic E-state index is -0.704. The summed E-state index contributed by atoms with van der Waals surface area (Å²) in [6.45, 7) is 6.74. The Labute approximate surface area is 324 Å². The second-order valence-corrected chi connectivity index (χ2v) is 14.8. The zero-order chi connectivity index (χ0) is 35.2. The van der Waals surface area contributed by atoms with Gasteiger partial charge in [-0.15, -0.1) is 38.8 Å². The average molecular weight is 869 g/mol. The van der Waals surface area contributed by atoms with E-state index in [9.17, 15) is 0 Å². The quantitative estimate of drug-likeness (QED) is 0.131. The van der Waals surface area contributed by atoms with Crippen LogP contribution < -0.4 is 10.1 Å². The number of hydroxylamine groups is 1. The molecule has 1 aliphatic heterocycles. The number of pyridine rings is 1. The molecule has 0 fully saturated rings. The molecular formula is C47H37N4OPt-. The maximum Gasteiger partial charge on any atom is 0.145 e. The summed E-state index contributed by atoms with van der Waals surface area (Å²) in [6, 6.07) is 58.0. The first kappa shape index (κ1) is 33.4. The summed E-state index contributed by atoms with van der Waals surface area (Å²) in [6.07, 6.45) is 1.94. The molecule has 0 atom stereocenters. The standard InChI is InChI=1S/C47H36N4O.Pt/c1-46(2,3)31-26-27-48-45(30-31)50-41-21-10-7-18-37(41)38-25-24-33(29-44(38)50)47(39-19-8-5-16-35(39)36-17-6-9-20-40(36)47)32-14-13-15-34(28-32)51-43-23-12-11-22-42(43)49(4)52-51;/h5-27,30H,1-4H3;/q-2;/p+1. The van der Waals surface area contributed by atoms with Gasteiger partial charge in [0.2, 0.25) is 0 Å². The van der Waals surface area contributed by atoms with Gasteiger partial charge in [0.15, 0.2) is 0 Å². The molecule has 0 saturated carbocycles. The Morgan fingerprint density at radius 1 is 0.642 bits per heavy atom. The van der Waals surface area contributed by atoms with E-state index in [4.69, 9.17) is 9.92 Å². The van der Waals surface area contributed by atoms with Crippen LogP contribution in [0.25, 0.3) is 38.8 Å². The summed E-state index contributed by atoms with van der Waals surface area (Å²) in [5.41, 5.74) is 12.6. The molecular weight excluding hydrogens is 832 g/mol. The van der Waals surface area contributed by atoms with Crippen molar-refractivity contribution in [2.75, 3.05) is 17.2 Å². The van der Waals surface area contributed by atoms with Gasteiger partial charge in [-0.25, -0.2) is 4.98 Å². The van der Waals surface area contributed by atoms with Crippen LogP contribution in [0.3, 0.4) is 0 Å². The van der Waals surface area contributed by atoms with Gasteiger partial charge in [-0.05, 0) is 69.0 Å². The number of aromatic nitrogens is 2. The van der Waals surface area contributed by atoms with E-state index < -0.39 is 5.41 Å². The molecule has 0 radical (unpaired) electrons. The number of hydrogen-bond acceptors (Lipinski definition) is 3. The number of hydrogen-bond donors (Lipinski definition) is 0. The monoisotopic (exact) mass is 868 g/mol. The number of rotatable bonds is 4. The van der Waals surface area contributed by atoms with E-state index in [2.05, 4.69) is 177 Å². The van der Waals surface area contributed by atoms with Crippen LogP contribution in [0.15, 0.2) is 146 Å². The predicted octanol–water partition coefficient (Wildman–Crippen LogP) is 10.9. The Morgan fingerprint density at radius 2 is 1.30 bits per heavy atom. The number of nitrogens with zero attached hydrogens (tertiary/aromatic N) is 4. The number of fused-ring (bicyclic) bond motifs is 7. The van der Waals surface area contributed by atoms with Crippen LogP contribution in [0, 0.1) is 12.1 Å². The van der Waals surface area contributed by atoms with Crippen molar-refractivity contribution < 1.29 is 26.0 Å². The van der Waals surface area contributed by atoms with Gasteiger partial charge < -0.3 is 4.57 Å². The molecule has 53 heavy (non-hydrogen) atoms. The minimum absolute atomic E-state index is 0. The van der Waals surface area contributed by atoms with Gasteiger partial charge in [-0.3, -0.25) is 0 Å². The summed E-state index contributed by atoms with van der Waals surface area (Å²) in [4.78, 5) is 9.90. The predicted molar refractivity (Wildman–Crippen MR) is 211 cm³/mol. The largest absolute Gasteiger partial charge is 0.319 e. The molecule has 10 rings (SSSR count). The molecule has 6 heteroatoms. The molecule has 1 N–H and O–H groups in total.